The first-order valence-electron chi connectivity index (χ1n) is 5.52. The van der Waals surface area contributed by atoms with E-state index in [2.05, 4.69) is 16.0 Å². The Balaban J connectivity index is 2.16. The molecule has 0 radical (unpaired) electrons. The fourth-order valence-electron chi connectivity index (χ4n) is 1.72. The van der Waals surface area contributed by atoms with Crippen molar-refractivity contribution >= 4 is 16.5 Å². The van der Waals surface area contributed by atoms with Gasteiger partial charge in [-0.25, -0.2) is 4.98 Å². The van der Waals surface area contributed by atoms with Crippen LogP contribution < -0.4 is 4.90 Å². The lowest BCUT2D eigenvalue weighted by atomic mass is 10.3. The standard InChI is InChI=1S/C11H15N3O2S/c1-15-8-9-10(2-3-12)17-11(13-9)14-4-6-16-7-5-14/h2,4-8H2,1H3. The average Bonchev–Trinajstić information content (AvgIpc) is 2.75. The van der Waals surface area contributed by atoms with Crippen molar-refractivity contribution in [2.45, 2.75) is 13.0 Å². The van der Waals surface area contributed by atoms with E-state index in [1.807, 2.05) is 0 Å². The van der Waals surface area contributed by atoms with Gasteiger partial charge in [0, 0.05) is 25.1 Å². The molecule has 1 aliphatic rings. The van der Waals surface area contributed by atoms with Gasteiger partial charge in [0.1, 0.15) is 0 Å². The van der Waals surface area contributed by atoms with Gasteiger partial charge in [0.25, 0.3) is 0 Å². The number of anilines is 1. The predicted molar refractivity (Wildman–Crippen MR) is 65.2 cm³/mol. The van der Waals surface area contributed by atoms with Crippen LogP contribution in [0.2, 0.25) is 0 Å². The molecule has 0 bridgehead atoms. The maximum atomic E-state index is 8.79. The van der Waals surface area contributed by atoms with Crippen molar-refractivity contribution in [1.29, 1.82) is 5.26 Å². The summed E-state index contributed by atoms with van der Waals surface area (Å²) in [6.07, 6.45) is 0.403. The highest BCUT2D eigenvalue weighted by molar-refractivity contribution is 7.15. The van der Waals surface area contributed by atoms with E-state index in [9.17, 15) is 0 Å². The molecule has 0 aromatic carbocycles. The Hall–Kier alpha value is -1.16. The van der Waals surface area contributed by atoms with Crippen LogP contribution in [0.3, 0.4) is 0 Å². The molecule has 1 fully saturated rings. The number of hydrogen-bond acceptors (Lipinski definition) is 6. The van der Waals surface area contributed by atoms with E-state index >= 15 is 0 Å². The SMILES string of the molecule is COCc1nc(N2CCOCC2)sc1CC#N. The van der Waals surface area contributed by atoms with Crippen LogP contribution in [0.25, 0.3) is 0 Å². The van der Waals surface area contributed by atoms with Gasteiger partial charge in [-0.1, -0.05) is 0 Å². The first-order valence-corrected chi connectivity index (χ1v) is 6.34. The summed E-state index contributed by atoms with van der Waals surface area (Å²) < 4.78 is 10.4. The smallest absolute Gasteiger partial charge is 0.186 e. The van der Waals surface area contributed by atoms with Crippen LogP contribution in [0.5, 0.6) is 0 Å². The van der Waals surface area contributed by atoms with Crippen LogP contribution in [-0.4, -0.2) is 38.4 Å². The number of hydrogen-bond donors (Lipinski definition) is 0. The lowest BCUT2D eigenvalue weighted by Gasteiger charge is -2.26. The molecule has 0 unspecified atom stereocenters. The number of methoxy groups -OCH3 is 1. The topological polar surface area (TPSA) is 58.4 Å². The summed E-state index contributed by atoms with van der Waals surface area (Å²) in [5.74, 6) is 0. The summed E-state index contributed by atoms with van der Waals surface area (Å²) in [6.45, 7) is 3.69. The van der Waals surface area contributed by atoms with Crippen LogP contribution in [0.4, 0.5) is 5.13 Å². The number of nitriles is 1. The summed E-state index contributed by atoms with van der Waals surface area (Å²) in [6, 6.07) is 2.17. The minimum atomic E-state index is 0.403. The summed E-state index contributed by atoms with van der Waals surface area (Å²) in [5.41, 5.74) is 0.889. The van der Waals surface area contributed by atoms with Crippen LogP contribution in [-0.2, 0) is 22.5 Å². The van der Waals surface area contributed by atoms with Crippen molar-refractivity contribution in [3.63, 3.8) is 0 Å². The van der Waals surface area contributed by atoms with Gasteiger partial charge in [-0.2, -0.15) is 5.26 Å². The van der Waals surface area contributed by atoms with Crippen molar-refractivity contribution < 1.29 is 9.47 Å². The van der Waals surface area contributed by atoms with Gasteiger partial charge in [0.2, 0.25) is 0 Å². The predicted octanol–water partition coefficient (Wildman–Crippen LogP) is 1.19. The molecule has 6 heteroatoms. The largest absolute Gasteiger partial charge is 0.378 e. The number of rotatable bonds is 4. The molecule has 1 aromatic rings. The van der Waals surface area contributed by atoms with E-state index in [1.54, 1.807) is 18.4 Å². The summed E-state index contributed by atoms with van der Waals surface area (Å²) in [4.78, 5) is 7.77. The first-order chi connectivity index (χ1) is 8.35. The molecule has 0 N–H and O–H groups in total. The molecule has 1 saturated heterocycles. The molecule has 0 saturated carbocycles. The second-order valence-corrected chi connectivity index (χ2v) is 4.80. The lowest BCUT2D eigenvalue weighted by molar-refractivity contribution is 0.122. The van der Waals surface area contributed by atoms with E-state index in [0.29, 0.717) is 13.0 Å². The van der Waals surface area contributed by atoms with Gasteiger partial charge in [-0.15, -0.1) is 11.3 Å². The van der Waals surface area contributed by atoms with E-state index in [0.717, 1.165) is 42.0 Å². The number of morpholine rings is 1. The Kier molecular flexibility index (Phi) is 4.31. The van der Waals surface area contributed by atoms with Crippen molar-refractivity contribution in [3.8, 4) is 6.07 Å². The third-order valence-electron chi connectivity index (χ3n) is 2.57. The third kappa shape index (κ3) is 2.94. The van der Waals surface area contributed by atoms with Gasteiger partial charge in [-0.05, 0) is 0 Å². The fourth-order valence-corrected chi connectivity index (χ4v) is 2.77. The molecule has 1 aromatic heterocycles. The zero-order chi connectivity index (χ0) is 12.1. The fraction of sp³-hybridized carbons (Fsp3) is 0.636. The highest BCUT2D eigenvalue weighted by Gasteiger charge is 2.18. The molecule has 0 spiro atoms. The van der Waals surface area contributed by atoms with Crippen molar-refractivity contribution in [1.82, 2.24) is 4.98 Å². The van der Waals surface area contributed by atoms with Crippen molar-refractivity contribution in [2.24, 2.45) is 0 Å². The Morgan fingerprint density at radius 3 is 2.94 bits per heavy atom. The summed E-state index contributed by atoms with van der Waals surface area (Å²) in [7, 11) is 1.64. The normalized spacial score (nSPS) is 15.9. The highest BCUT2D eigenvalue weighted by Crippen LogP contribution is 2.27. The molecule has 0 atom stereocenters. The second-order valence-electron chi connectivity index (χ2n) is 3.73. The van der Waals surface area contributed by atoms with Crippen molar-refractivity contribution in [2.75, 3.05) is 38.3 Å². The van der Waals surface area contributed by atoms with Gasteiger partial charge in [-0.3, -0.25) is 0 Å². The lowest BCUT2D eigenvalue weighted by Crippen LogP contribution is -2.36. The Morgan fingerprint density at radius 1 is 1.53 bits per heavy atom. The summed E-state index contributed by atoms with van der Waals surface area (Å²) in [5, 5.41) is 9.76. The van der Waals surface area contributed by atoms with Gasteiger partial charge < -0.3 is 14.4 Å². The van der Waals surface area contributed by atoms with E-state index < -0.39 is 0 Å². The molecule has 2 heterocycles. The summed E-state index contributed by atoms with van der Waals surface area (Å²) >= 11 is 1.59. The van der Waals surface area contributed by atoms with Gasteiger partial charge >= 0.3 is 0 Å². The minimum Gasteiger partial charge on any atom is -0.378 e. The van der Waals surface area contributed by atoms with Gasteiger partial charge in [0.15, 0.2) is 5.13 Å². The quantitative estimate of drug-likeness (QED) is 0.806. The van der Waals surface area contributed by atoms with Gasteiger partial charge in [0.05, 0.1) is 38.0 Å². The van der Waals surface area contributed by atoms with E-state index in [4.69, 9.17) is 14.7 Å². The average molecular weight is 253 g/mol. The van der Waals surface area contributed by atoms with Crippen LogP contribution in [0.1, 0.15) is 10.6 Å². The first kappa shape index (κ1) is 12.3. The molecule has 2 rings (SSSR count). The number of ether oxygens (including phenoxy) is 2. The van der Waals surface area contributed by atoms with Crippen molar-refractivity contribution in [3.05, 3.63) is 10.6 Å². The maximum absolute atomic E-state index is 8.79. The maximum Gasteiger partial charge on any atom is 0.186 e. The molecule has 0 amide bonds. The Morgan fingerprint density at radius 2 is 2.29 bits per heavy atom. The zero-order valence-corrected chi connectivity index (χ0v) is 10.6. The van der Waals surface area contributed by atoms with Crippen LogP contribution in [0, 0.1) is 11.3 Å². The molecular formula is C11H15N3O2S. The molecule has 5 nitrogen and oxygen atoms in total. The highest BCUT2D eigenvalue weighted by atomic mass is 32.1. The zero-order valence-electron chi connectivity index (χ0n) is 9.81. The molecular weight excluding hydrogens is 238 g/mol. The third-order valence-corrected chi connectivity index (χ3v) is 3.73. The number of nitrogens with zero attached hydrogens (tertiary/aromatic N) is 3. The second kappa shape index (κ2) is 5.96. The number of aromatic nitrogens is 1. The van der Waals surface area contributed by atoms with E-state index in [1.165, 1.54) is 0 Å². The monoisotopic (exact) mass is 253 g/mol. The molecule has 0 aliphatic carbocycles. The molecule has 17 heavy (non-hydrogen) atoms. The Bertz CT molecular complexity index is 407. The Labute approximate surface area is 105 Å². The van der Waals surface area contributed by atoms with E-state index in [-0.39, 0.29) is 0 Å². The van der Waals surface area contributed by atoms with Crippen LogP contribution in [0.15, 0.2) is 0 Å². The molecule has 92 valence electrons. The van der Waals surface area contributed by atoms with Crippen LogP contribution >= 0.6 is 11.3 Å². The minimum absolute atomic E-state index is 0.403. The number of thiazole rings is 1. The molecule has 1 aliphatic heterocycles.